The fraction of sp³-hybridized carbons (Fsp3) is 0.625. The Balaban J connectivity index is 1.85. The number of carbonyl (C=O) groups excluding carboxylic acids is 2. The molecule has 1 aliphatic heterocycles. The minimum absolute atomic E-state index is 0.248. The average molecular weight is 306 g/mol. The van der Waals surface area contributed by atoms with E-state index in [1.807, 2.05) is 33.2 Å². The van der Waals surface area contributed by atoms with Gasteiger partial charge in [-0.2, -0.15) is 0 Å². The molecule has 2 heterocycles. The van der Waals surface area contributed by atoms with Crippen molar-refractivity contribution in [1.29, 1.82) is 0 Å². The maximum absolute atomic E-state index is 12.0. The van der Waals surface area contributed by atoms with Gasteiger partial charge in [0.15, 0.2) is 0 Å². The number of imide groups is 1. The SMILES string of the molecule is CC(C)CNC(=O)NC(=O)CN1CCC[C@H]1c1cccn1C. The molecule has 0 bridgehead atoms. The second kappa shape index (κ2) is 7.45. The highest BCUT2D eigenvalue weighted by Gasteiger charge is 2.29. The Bertz CT molecular complexity index is 524. The van der Waals surface area contributed by atoms with Gasteiger partial charge in [-0.15, -0.1) is 0 Å². The van der Waals surface area contributed by atoms with Gasteiger partial charge in [0.05, 0.1) is 12.6 Å². The smallest absolute Gasteiger partial charge is 0.321 e. The van der Waals surface area contributed by atoms with Crippen LogP contribution in [0, 0.1) is 5.92 Å². The van der Waals surface area contributed by atoms with E-state index in [2.05, 4.69) is 26.2 Å². The van der Waals surface area contributed by atoms with Crippen molar-refractivity contribution in [3.8, 4) is 0 Å². The fourth-order valence-electron chi connectivity index (χ4n) is 2.86. The Labute approximate surface area is 131 Å². The molecular weight excluding hydrogens is 280 g/mol. The minimum atomic E-state index is -0.409. The maximum atomic E-state index is 12.0. The van der Waals surface area contributed by atoms with Gasteiger partial charge in [-0.25, -0.2) is 4.79 Å². The summed E-state index contributed by atoms with van der Waals surface area (Å²) in [6, 6.07) is 3.96. The third-order valence-corrected chi connectivity index (χ3v) is 3.96. The third kappa shape index (κ3) is 4.34. The van der Waals surface area contributed by atoms with Crippen LogP contribution in [0.3, 0.4) is 0 Å². The first-order chi connectivity index (χ1) is 10.5. The first kappa shape index (κ1) is 16.5. The zero-order chi connectivity index (χ0) is 16.1. The number of likely N-dealkylation sites (tertiary alicyclic amines) is 1. The summed E-state index contributed by atoms with van der Waals surface area (Å²) in [6.45, 7) is 5.73. The Hall–Kier alpha value is -1.82. The normalized spacial score (nSPS) is 18.6. The van der Waals surface area contributed by atoms with Crippen molar-refractivity contribution < 1.29 is 9.59 Å². The van der Waals surface area contributed by atoms with Gasteiger partial charge >= 0.3 is 6.03 Å². The van der Waals surface area contributed by atoms with Gasteiger partial charge in [-0.05, 0) is 37.4 Å². The minimum Gasteiger partial charge on any atom is -0.353 e. The second-order valence-corrected chi connectivity index (χ2v) is 6.32. The van der Waals surface area contributed by atoms with Gasteiger partial charge in [-0.1, -0.05) is 13.8 Å². The van der Waals surface area contributed by atoms with Crippen LogP contribution in [-0.4, -0.2) is 41.0 Å². The number of hydrogen-bond acceptors (Lipinski definition) is 3. The number of carbonyl (C=O) groups is 2. The van der Waals surface area contributed by atoms with Crippen LogP contribution in [0.4, 0.5) is 4.79 Å². The number of nitrogens with zero attached hydrogens (tertiary/aromatic N) is 2. The van der Waals surface area contributed by atoms with Crippen LogP contribution >= 0.6 is 0 Å². The van der Waals surface area contributed by atoms with Crippen molar-refractivity contribution in [2.45, 2.75) is 32.7 Å². The van der Waals surface area contributed by atoms with Gasteiger partial charge in [0.25, 0.3) is 0 Å². The molecule has 0 radical (unpaired) electrons. The maximum Gasteiger partial charge on any atom is 0.321 e. The molecule has 22 heavy (non-hydrogen) atoms. The predicted octanol–water partition coefficient (Wildman–Crippen LogP) is 1.64. The van der Waals surface area contributed by atoms with E-state index in [4.69, 9.17) is 0 Å². The zero-order valence-electron chi connectivity index (χ0n) is 13.6. The van der Waals surface area contributed by atoms with E-state index in [0.717, 1.165) is 19.4 Å². The Morgan fingerprint density at radius 2 is 2.18 bits per heavy atom. The Kier molecular flexibility index (Phi) is 5.60. The summed E-state index contributed by atoms with van der Waals surface area (Å²) in [7, 11) is 2.02. The summed E-state index contributed by atoms with van der Waals surface area (Å²) in [5.41, 5.74) is 1.22. The van der Waals surface area contributed by atoms with E-state index < -0.39 is 6.03 Å². The molecule has 0 saturated carbocycles. The number of hydrogen-bond donors (Lipinski definition) is 2. The molecule has 3 amide bonds. The summed E-state index contributed by atoms with van der Waals surface area (Å²) in [4.78, 5) is 25.8. The van der Waals surface area contributed by atoms with Crippen LogP contribution < -0.4 is 10.6 Å². The molecule has 1 aromatic rings. The van der Waals surface area contributed by atoms with Crippen molar-refractivity contribution in [1.82, 2.24) is 20.1 Å². The monoisotopic (exact) mass is 306 g/mol. The van der Waals surface area contributed by atoms with Gasteiger partial charge in [0.1, 0.15) is 0 Å². The van der Waals surface area contributed by atoms with Crippen LogP contribution in [-0.2, 0) is 11.8 Å². The molecule has 0 aliphatic carbocycles. The molecule has 1 fully saturated rings. The van der Waals surface area contributed by atoms with E-state index >= 15 is 0 Å². The van der Waals surface area contributed by atoms with Crippen LogP contribution in [0.2, 0.25) is 0 Å². The average Bonchev–Trinajstić information content (AvgIpc) is 3.05. The van der Waals surface area contributed by atoms with Crippen molar-refractivity contribution >= 4 is 11.9 Å². The van der Waals surface area contributed by atoms with Crippen LogP contribution in [0.25, 0.3) is 0 Å². The lowest BCUT2D eigenvalue weighted by atomic mass is 10.1. The molecule has 2 N–H and O–H groups in total. The Morgan fingerprint density at radius 3 is 2.82 bits per heavy atom. The van der Waals surface area contributed by atoms with Gasteiger partial charge in [0, 0.05) is 25.5 Å². The number of amides is 3. The lowest BCUT2D eigenvalue weighted by Crippen LogP contribution is -2.45. The summed E-state index contributed by atoms with van der Waals surface area (Å²) in [5, 5.41) is 5.10. The summed E-state index contributed by atoms with van der Waals surface area (Å²) in [6.07, 6.45) is 4.14. The van der Waals surface area contributed by atoms with Crippen molar-refractivity contribution in [2.24, 2.45) is 13.0 Å². The molecule has 1 saturated heterocycles. The summed E-state index contributed by atoms with van der Waals surface area (Å²) < 4.78 is 2.09. The third-order valence-electron chi connectivity index (χ3n) is 3.96. The van der Waals surface area contributed by atoms with Crippen molar-refractivity contribution in [3.05, 3.63) is 24.0 Å². The first-order valence-corrected chi connectivity index (χ1v) is 7.90. The number of rotatable bonds is 5. The molecule has 6 nitrogen and oxygen atoms in total. The number of aryl methyl sites for hydroxylation is 1. The largest absolute Gasteiger partial charge is 0.353 e. The van der Waals surface area contributed by atoms with Crippen LogP contribution in [0.15, 0.2) is 18.3 Å². The number of aromatic nitrogens is 1. The number of urea groups is 1. The van der Waals surface area contributed by atoms with E-state index in [1.54, 1.807) is 0 Å². The van der Waals surface area contributed by atoms with Gasteiger partial charge in [-0.3, -0.25) is 15.0 Å². The highest BCUT2D eigenvalue weighted by molar-refractivity contribution is 5.95. The Morgan fingerprint density at radius 1 is 1.41 bits per heavy atom. The standard InChI is InChI=1S/C16H26N4O2/c1-12(2)10-17-16(22)18-15(21)11-20-9-5-7-14(20)13-6-4-8-19(13)3/h4,6,8,12,14H,5,7,9-11H2,1-3H3,(H2,17,18,21,22)/t14-/m0/s1. The molecule has 0 aromatic carbocycles. The van der Waals surface area contributed by atoms with E-state index in [0.29, 0.717) is 12.5 Å². The topological polar surface area (TPSA) is 66.4 Å². The van der Waals surface area contributed by atoms with Crippen LogP contribution in [0.1, 0.15) is 38.4 Å². The molecule has 1 aromatic heterocycles. The molecule has 1 atom stereocenters. The summed E-state index contributed by atoms with van der Waals surface area (Å²) >= 11 is 0. The van der Waals surface area contributed by atoms with Crippen molar-refractivity contribution in [3.63, 3.8) is 0 Å². The number of nitrogens with one attached hydrogen (secondary N) is 2. The molecular formula is C16H26N4O2. The molecule has 0 unspecified atom stereocenters. The molecule has 0 spiro atoms. The molecule has 1 aliphatic rings. The van der Waals surface area contributed by atoms with E-state index in [1.165, 1.54) is 5.69 Å². The highest BCUT2D eigenvalue weighted by Crippen LogP contribution is 2.31. The zero-order valence-corrected chi connectivity index (χ0v) is 13.6. The van der Waals surface area contributed by atoms with E-state index in [9.17, 15) is 9.59 Å². The molecule has 122 valence electrons. The van der Waals surface area contributed by atoms with Gasteiger partial charge < -0.3 is 9.88 Å². The lowest BCUT2D eigenvalue weighted by Gasteiger charge is -2.24. The second-order valence-electron chi connectivity index (χ2n) is 6.32. The molecule has 6 heteroatoms. The van der Waals surface area contributed by atoms with Crippen LogP contribution in [0.5, 0.6) is 0 Å². The van der Waals surface area contributed by atoms with Crippen molar-refractivity contribution in [2.75, 3.05) is 19.6 Å². The fourth-order valence-corrected chi connectivity index (χ4v) is 2.86. The predicted molar refractivity (Wildman–Crippen MR) is 85.3 cm³/mol. The van der Waals surface area contributed by atoms with Gasteiger partial charge in [0.2, 0.25) is 5.91 Å². The lowest BCUT2D eigenvalue weighted by molar-refractivity contribution is -0.121. The molecule has 2 rings (SSSR count). The highest BCUT2D eigenvalue weighted by atomic mass is 16.2. The quantitative estimate of drug-likeness (QED) is 0.869. The summed E-state index contributed by atoms with van der Waals surface area (Å²) in [5.74, 6) is 0.114. The first-order valence-electron chi connectivity index (χ1n) is 7.90. The van der Waals surface area contributed by atoms with E-state index in [-0.39, 0.29) is 18.5 Å².